The van der Waals surface area contributed by atoms with Crippen molar-refractivity contribution >= 4 is 33.2 Å². The average Bonchev–Trinajstić information content (AvgIpc) is 2.48. The molecule has 0 bridgehead atoms. The van der Waals surface area contributed by atoms with E-state index in [1.54, 1.807) is 12.1 Å². The highest BCUT2D eigenvalue weighted by atomic mass is 79.9. The number of carbonyl (C=O) groups excluding carboxylic acids is 1. The molecule has 1 amide bonds. The quantitative estimate of drug-likeness (QED) is 0.627. The molecule has 1 unspecified atom stereocenters. The molecule has 6 nitrogen and oxygen atoms in total. The van der Waals surface area contributed by atoms with Gasteiger partial charge in [0.05, 0.1) is 4.92 Å². The minimum atomic E-state index is -0.495. The molecule has 0 aromatic heterocycles. The van der Waals surface area contributed by atoms with Crippen molar-refractivity contribution in [2.45, 2.75) is 25.7 Å². The van der Waals surface area contributed by atoms with Crippen LogP contribution in [0.2, 0.25) is 0 Å². The van der Waals surface area contributed by atoms with Crippen LogP contribution in [-0.4, -0.2) is 23.9 Å². The summed E-state index contributed by atoms with van der Waals surface area (Å²) in [6.07, 6.45) is 3.48. The zero-order valence-corrected chi connectivity index (χ0v) is 13.2. The molecule has 114 valence electrons. The Balaban J connectivity index is 1.91. The van der Waals surface area contributed by atoms with Crippen LogP contribution >= 0.6 is 15.9 Å². The summed E-state index contributed by atoms with van der Waals surface area (Å²) in [6, 6.07) is 4.61. The third-order valence-corrected chi connectivity index (χ3v) is 4.10. The summed E-state index contributed by atoms with van der Waals surface area (Å²) in [5.41, 5.74) is 0.145. The molecule has 1 aromatic rings. The van der Waals surface area contributed by atoms with Crippen molar-refractivity contribution in [1.82, 2.24) is 5.32 Å². The van der Waals surface area contributed by atoms with Crippen LogP contribution in [-0.2, 0) is 4.79 Å². The second-order valence-electron chi connectivity index (χ2n) is 5.22. The first-order valence-corrected chi connectivity index (χ1v) is 7.80. The van der Waals surface area contributed by atoms with Gasteiger partial charge < -0.3 is 10.6 Å². The zero-order chi connectivity index (χ0) is 15.2. The molecule has 1 heterocycles. The van der Waals surface area contributed by atoms with Crippen molar-refractivity contribution in [3.63, 3.8) is 0 Å². The second kappa shape index (κ2) is 7.51. The average molecular weight is 356 g/mol. The van der Waals surface area contributed by atoms with E-state index in [0.29, 0.717) is 16.8 Å². The van der Waals surface area contributed by atoms with Crippen molar-refractivity contribution in [3.05, 3.63) is 32.8 Å². The van der Waals surface area contributed by atoms with E-state index in [9.17, 15) is 14.9 Å². The topological polar surface area (TPSA) is 84.3 Å². The van der Waals surface area contributed by atoms with Gasteiger partial charge in [0.15, 0.2) is 0 Å². The predicted molar refractivity (Wildman–Crippen MR) is 84.3 cm³/mol. The van der Waals surface area contributed by atoms with Crippen molar-refractivity contribution in [2.24, 2.45) is 5.92 Å². The highest BCUT2D eigenvalue weighted by Crippen LogP contribution is 2.28. The van der Waals surface area contributed by atoms with Crippen LogP contribution in [0, 0.1) is 16.0 Å². The molecule has 2 rings (SSSR count). The smallest absolute Gasteiger partial charge is 0.293 e. The molecular formula is C14H18BrN3O3. The molecule has 1 atom stereocenters. The van der Waals surface area contributed by atoms with Crippen LogP contribution < -0.4 is 10.6 Å². The summed E-state index contributed by atoms with van der Waals surface area (Å²) in [7, 11) is 0. The Kier molecular flexibility index (Phi) is 5.69. The van der Waals surface area contributed by atoms with E-state index >= 15 is 0 Å². The Morgan fingerprint density at radius 2 is 2.33 bits per heavy atom. The van der Waals surface area contributed by atoms with Gasteiger partial charge in [0.1, 0.15) is 5.69 Å². The Hall–Kier alpha value is -1.47. The van der Waals surface area contributed by atoms with Gasteiger partial charge in [-0.3, -0.25) is 14.9 Å². The number of anilines is 1. The van der Waals surface area contributed by atoms with Gasteiger partial charge in [0.2, 0.25) is 5.91 Å². The molecule has 0 saturated carbocycles. The fourth-order valence-electron chi connectivity index (χ4n) is 2.48. The van der Waals surface area contributed by atoms with Crippen molar-refractivity contribution in [3.8, 4) is 0 Å². The zero-order valence-electron chi connectivity index (χ0n) is 11.6. The number of rotatable bonds is 5. The lowest BCUT2D eigenvalue weighted by molar-refractivity contribution is -0.384. The molecule has 1 fully saturated rings. The summed E-state index contributed by atoms with van der Waals surface area (Å²) < 4.78 is 0.612. The monoisotopic (exact) mass is 355 g/mol. The Bertz CT molecular complexity index is 530. The van der Waals surface area contributed by atoms with Crippen LogP contribution in [0.15, 0.2) is 22.7 Å². The third-order valence-electron chi connectivity index (χ3n) is 3.61. The first-order chi connectivity index (χ1) is 10.1. The van der Waals surface area contributed by atoms with Crippen LogP contribution in [0.3, 0.4) is 0 Å². The van der Waals surface area contributed by atoms with E-state index in [1.807, 2.05) is 0 Å². The lowest BCUT2D eigenvalue weighted by Crippen LogP contribution is -2.30. The van der Waals surface area contributed by atoms with E-state index in [4.69, 9.17) is 0 Å². The molecular weight excluding hydrogens is 338 g/mol. The van der Waals surface area contributed by atoms with Crippen LogP contribution in [0.25, 0.3) is 0 Å². The van der Waals surface area contributed by atoms with Crippen LogP contribution in [0.4, 0.5) is 11.4 Å². The van der Waals surface area contributed by atoms with E-state index in [1.165, 1.54) is 6.07 Å². The summed E-state index contributed by atoms with van der Waals surface area (Å²) >= 11 is 3.19. The summed E-state index contributed by atoms with van der Waals surface area (Å²) in [4.78, 5) is 22.4. The van der Waals surface area contributed by atoms with Gasteiger partial charge in [-0.05, 0) is 50.4 Å². The number of hydrogen-bond acceptors (Lipinski definition) is 4. The second-order valence-corrected chi connectivity index (χ2v) is 6.13. The summed E-state index contributed by atoms with van der Waals surface area (Å²) in [6.45, 7) is 2.00. The Labute approximate surface area is 131 Å². The summed E-state index contributed by atoms with van der Waals surface area (Å²) in [5.74, 6) is 0.343. The lowest BCUT2D eigenvalue weighted by atomic mass is 9.94. The molecule has 1 saturated heterocycles. The van der Waals surface area contributed by atoms with E-state index < -0.39 is 4.92 Å². The number of halogens is 1. The van der Waals surface area contributed by atoms with E-state index in [2.05, 4.69) is 26.6 Å². The molecule has 0 spiro atoms. The number of nitrogens with one attached hydrogen (secondary N) is 2. The summed E-state index contributed by atoms with van der Waals surface area (Å²) in [5, 5.41) is 16.9. The lowest BCUT2D eigenvalue weighted by Gasteiger charge is -2.22. The molecule has 1 aromatic carbocycles. The number of nitro benzene ring substituents is 1. The maximum absolute atomic E-state index is 11.9. The van der Waals surface area contributed by atoms with Gasteiger partial charge in [-0.2, -0.15) is 0 Å². The molecule has 2 N–H and O–H groups in total. The Morgan fingerprint density at radius 1 is 1.52 bits per heavy atom. The normalized spacial score (nSPS) is 18.2. The van der Waals surface area contributed by atoms with Gasteiger partial charge in [-0.15, -0.1) is 0 Å². The fourth-order valence-corrected chi connectivity index (χ4v) is 2.83. The maximum Gasteiger partial charge on any atom is 0.293 e. The number of nitro groups is 1. The van der Waals surface area contributed by atoms with Gasteiger partial charge in [0.25, 0.3) is 5.69 Å². The number of carbonyl (C=O) groups is 1. The highest BCUT2D eigenvalue weighted by Gasteiger charge is 2.18. The van der Waals surface area contributed by atoms with Gasteiger partial charge in [-0.25, -0.2) is 0 Å². The van der Waals surface area contributed by atoms with Crippen molar-refractivity contribution in [1.29, 1.82) is 0 Å². The molecule has 1 aliphatic heterocycles. The van der Waals surface area contributed by atoms with Gasteiger partial charge >= 0.3 is 0 Å². The van der Waals surface area contributed by atoms with Crippen molar-refractivity contribution in [2.75, 3.05) is 18.4 Å². The van der Waals surface area contributed by atoms with E-state index in [0.717, 1.165) is 32.4 Å². The first-order valence-electron chi connectivity index (χ1n) is 7.01. The third kappa shape index (κ3) is 4.78. The molecule has 0 aliphatic carbocycles. The Morgan fingerprint density at radius 3 is 3.00 bits per heavy atom. The predicted octanol–water partition coefficient (Wildman–Crippen LogP) is 3.08. The molecule has 1 aliphatic rings. The first kappa shape index (κ1) is 15.9. The van der Waals surface area contributed by atoms with Crippen LogP contribution in [0.1, 0.15) is 25.7 Å². The minimum Gasteiger partial charge on any atom is -0.320 e. The SMILES string of the molecule is O=C(CCC1CCCNC1)Nc1ccc(Br)cc1[N+](=O)[O-]. The molecule has 21 heavy (non-hydrogen) atoms. The van der Waals surface area contributed by atoms with Gasteiger partial charge in [0, 0.05) is 17.0 Å². The number of hydrogen-bond donors (Lipinski definition) is 2. The number of piperidine rings is 1. The van der Waals surface area contributed by atoms with Gasteiger partial charge in [-0.1, -0.05) is 15.9 Å². The van der Waals surface area contributed by atoms with E-state index in [-0.39, 0.29) is 17.3 Å². The van der Waals surface area contributed by atoms with Crippen LogP contribution in [0.5, 0.6) is 0 Å². The highest BCUT2D eigenvalue weighted by molar-refractivity contribution is 9.10. The minimum absolute atomic E-state index is 0.0999. The molecule has 7 heteroatoms. The fraction of sp³-hybridized carbons (Fsp3) is 0.500. The number of amides is 1. The number of nitrogens with zero attached hydrogens (tertiary/aromatic N) is 1. The largest absolute Gasteiger partial charge is 0.320 e. The standard InChI is InChI=1S/C14H18BrN3O3/c15-11-4-5-12(13(8-11)18(20)21)17-14(19)6-3-10-2-1-7-16-9-10/h4-5,8,10,16H,1-3,6-7,9H2,(H,17,19). The maximum atomic E-state index is 11.9. The molecule has 0 radical (unpaired) electrons. The van der Waals surface area contributed by atoms with Crippen molar-refractivity contribution < 1.29 is 9.72 Å². The number of benzene rings is 1.